The summed E-state index contributed by atoms with van der Waals surface area (Å²) in [6.45, 7) is 0.726. The van der Waals surface area contributed by atoms with Crippen molar-refractivity contribution >= 4 is 17.5 Å². The minimum Gasteiger partial charge on any atom is -0.454 e. The topological polar surface area (TPSA) is 47.6 Å². The molecule has 3 rings (SSSR count). The highest BCUT2D eigenvalue weighted by atomic mass is 35.5. The van der Waals surface area contributed by atoms with Crippen molar-refractivity contribution in [3.63, 3.8) is 0 Å². The zero-order chi connectivity index (χ0) is 14.7. The zero-order valence-corrected chi connectivity index (χ0v) is 12.0. The normalized spacial score (nSPS) is 12.2. The summed E-state index contributed by atoms with van der Waals surface area (Å²) in [5.41, 5.74) is 1.57. The monoisotopic (exact) mass is 303 g/mol. The van der Waals surface area contributed by atoms with Crippen LogP contribution < -0.4 is 14.8 Å². The van der Waals surface area contributed by atoms with Gasteiger partial charge >= 0.3 is 0 Å². The first kappa shape index (κ1) is 13.8. The second kappa shape index (κ2) is 6.06. The number of nitrogens with one attached hydrogen (secondary N) is 1. The van der Waals surface area contributed by atoms with Crippen LogP contribution in [0.25, 0.3) is 0 Å². The van der Waals surface area contributed by atoms with Gasteiger partial charge in [-0.05, 0) is 36.2 Å². The average Bonchev–Trinajstić information content (AvgIpc) is 2.96. The van der Waals surface area contributed by atoms with Gasteiger partial charge in [-0.1, -0.05) is 29.8 Å². The Bertz CT molecular complexity index is 672. The first-order chi connectivity index (χ1) is 10.2. The fraction of sp³-hybridized carbons (Fsp3) is 0.188. The van der Waals surface area contributed by atoms with E-state index in [0.29, 0.717) is 30.0 Å². The van der Waals surface area contributed by atoms with Gasteiger partial charge < -0.3 is 14.8 Å². The summed E-state index contributed by atoms with van der Waals surface area (Å²) in [6.07, 6.45) is 0.690. The largest absolute Gasteiger partial charge is 0.454 e. The highest BCUT2D eigenvalue weighted by Gasteiger charge is 2.15. The maximum atomic E-state index is 12.1. The van der Waals surface area contributed by atoms with E-state index in [9.17, 15) is 4.79 Å². The number of fused-ring (bicyclic) bond motifs is 1. The lowest BCUT2D eigenvalue weighted by Gasteiger charge is -2.07. The molecule has 21 heavy (non-hydrogen) atoms. The summed E-state index contributed by atoms with van der Waals surface area (Å²) < 4.78 is 10.5. The van der Waals surface area contributed by atoms with Gasteiger partial charge in [0.25, 0.3) is 5.91 Å². The first-order valence-electron chi connectivity index (χ1n) is 6.65. The molecule has 0 fully saturated rings. The van der Waals surface area contributed by atoms with Crippen molar-refractivity contribution < 1.29 is 14.3 Å². The summed E-state index contributed by atoms with van der Waals surface area (Å²) in [5, 5.41) is 3.59. The van der Waals surface area contributed by atoms with E-state index in [-0.39, 0.29) is 12.7 Å². The molecule has 1 aliphatic heterocycles. The standard InChI is InChI=1S/C16H14ClNO3/c17-13-4-2-1-3-11(13)7-8-18-16(19)12-5-6-14-15(9-12)21-10-20-14/h1-6,9H,7-8,10H2,(H,18,19). The Morgan fingerprint density at radius 2 is 1.95 bits per heavy atom. The third kappa shape index (κ3) is 3.11. The molecule has 0 radical (unpaired) electrons. The van der Waals surface area contributed by atoms with Crippen LogP contribution in [-0.2, 0) is 6.42 Å². The van der Waals surface area contributed by atoms with Gasteiger partial charge in [-0.25, -0.2) is 0 Å². The molecular weight excluding hydrogens is 290 g/mol. The fourth-order valence-corrected chi connectivity index (χ4v) is 2.38. The van der Waals surface area contributed by atoms with E-state index in [0.717, 1.165) is 10.6 Å². The molecule has 0 bridgehead atoms. The molecule has 0 unspecified atom stereocenters. The Morgan fingerprint density at radius 1 is 1.14 bits per heavy atom. The first-order valence-corrected chi connectivity index (χ1v) is 7.03. The van der Waals surface area contributed by atoms with E-state index in [4.69, 9.17) is 21.1 Å². The number of benzene rings is 2. The van der Waals surface area contributed by atoms with Crippen LogP contribution in [0.15, 0.2) is 42.5 Å². The predicted octanol–water partition coefficient (Wildman–Crippen LogP) is 3.04. The smallest absolute Gasteiger partial charge is 0.251 e. The van der Waals surface area contributed by atoms with Crippen LogP contribution in [0.4, 0.5) is 0 Å². The molecule has 2 aromatic carbocycles. The lowest BCUT2D eigenvalue weighted by molar-refractivity contribution is 0.0953. The van der Waals surface area contributed by atoms with Gasteiger partial charge in [0.15, 0.2) is 11.5 Å². The van der Waals surface area contributed by atoms with Crippen molar-refractivity contribution in [2.75, 3.05) is 13.3 Å². The molecule has 0 saturated heterocycles. The lowest BCUT2D eigenvalue weighted by Crippen LogP contribution is -2.25. The maximum absolute atomic E-state index is 12.1. The highest BCUT2D eigenvalue weighted by Crippen LogP contribution is 2.32. The predicted molar refractivity (Wildman–Crippen MR) is 80.1 cm³/mol. The molecule has 1 amide bonds. The fourth-order valence-electron chi connectivity index (χ4n) is 2.15. The molecule has 1 aliphatic rings. The van der Waals surface area contributed by atoms with Crippen molar-refractivity contribution in [2.45, 2.75) is 6.42 Å². The number of halogens is 1. The van der Waals surface area contributed by atoms with Gasteiger partial charge in [0, 0.05) is 17.1 Å². The summed E-state index contributed by atoms with van der Waals surface area (Å²) >= 11 is 6.08. The van der Waals surface area contributed by atoms with Crippen molar-refractivity contribution in [3.05, 3.63) is 58.6 Å². The van der Waals surface area contributed by atoms with Crippen molar-refractivity contribution in [3.8, 4) is 11.5 Å². The van der Waals surface area contributed by atoms with Crippen LogP contribution in [0, 0.1) is 0 Å². The van der Waals surface area contributed by atoms with E-state index in [2.05, 4.69) is 5.32 Å². The van der Waals surface area contributed by atoms with Crippen molar-refractivity contribution in [1.29, 1.82) is 0 Å². The van der Waals surface area contributed by atoms with Gasteiger partial charge in [0.05, 0.1) is 0 Å². The maximum Gasteiger partial charge on any atom is 0.251 e. The highest BCUT2D eigenvalue weighted by molar-refractivity contribution is 6.31. The van der Waals surface area contributed by atoms with E-state index in [1.807, 2.05) is 24.3 Å². The van der Waals surface area contributed by atoms with Crippen LogP contribution in [0.1, 0.15) is 15.9 Å². The molecule has 0 aliphatic carbocycles. The second-order valence-corrected chi connectivity index (χ2v) is 5.07. The number of ether oxygens (including phenoxy) is 2. The van der Waals surface area contributed by atoms with Crippen LogP contribution in [0.5, 0.6) is 11.5 Å². The third-order valence-electron chi connectivity index (χ3n) is 3.27. The summed E-state index contributed by atoms with van der Waals surface area (Å²) in [7, 11) is 0. The van der Waals surface area contributed by atoms with Crippen LogP contribution in [0.2, 0.25) is 5.02 Å². The number of hydrogen-bond acceptors (Lipinski definition) is 3. The van der Waals surface area contributed by atoms with E-state index >= 15 is 0 Å². The Hall–Kier alpha value is -2.20. The summed E-state index contributed by atoms with van der Waals surface area (Å²) in [5.74, 6) is 1.14. The van der Waals surface area contributed by atoms with Crippen molar-refractivity contribution in [1.82, 2.24) is 5.32 Å². The number of hydrogen-bond donors (Lipinski definition) is 1. The minimum atomic E-state index is -0.139. The summed E-state index contributed by atoms with van der Waals surface area (Å²) in [4.78, 5) is 12.1. The molecule has 4 nitrogen and oxygen atoms in total. The molecule has 1 N–H and O–H groups in total. The summed E-state index contributed by atoms with van der Waals surface area (Å²) in [6, 6.07) is 12.8. The Kier molecular flexibility index (Phi) is 3.97. The SMILES string of the molecule is O=C(NCCc1ccccc1Cl)c1ccc2c(c1)OCO2. The molecule has 2 aromatic rings. The van der Waals surface area contributed by atoms with Gasteiger partial charge in [0.1, 0.15) is 0 Å². The van der Waals surface area contributed by atoms with E-state index in [1.54, 1.807) is 18.2 Å². The van der Waals surface area contributed by atoms with Crippen LogP contribution in [-0.4, -0.2) is 19.2 Å². The number of carbonyl (C=O) groups is 1. The molecule has 0 spiro atoms. The lowest BCUT2D eigenvalue weighted by atomic mass is 10.1. The van der Waals surface area contributed by atoms with Gasteiger partial charge in [-0.15, -0.1) is 0 Å². The number of carbonyl (C=O) groups excluding carboxylic acids is 1. The molecule has 0 saturated carbocycles. The quantitative estimate of drug-likeness (QED) is 0.944. The molecular formula is C16H14ClNO3. The third-order valence-corrected chi connectivity index (χ3v) is 3.64. The molecule has 0 aromatic heterocycles. The van der Waals surface area contributed by atoms with Gasteiger partial charge in [-0.3, -0.25) is 4.79 Å². The molecule has 108 valence electrons. The molecule has 5 heteroatoms. The molecule has 1 heterocycles. The zero-order valence-electron chi connectivity index (χ0n) is 11.3. The van der Waals surface area contributed by atoms with Gasteiger partial charge in [0.2, 0.25) is 6.79 Å². The minimum absolute atomic E-state index is 0.139. The Morgan fingerprint density at radius 3 is 2.81 bits per heavy atom. The number of rotatable bonds is 4. The molecule has 0 atom stereocenters. The van der Waals surface area contributed by atoms with Crippen LogP contribution in [0.3, 0.4) is 0 Å². The average molecular weight is 304 g/mol. The Labute approximate surface area is 127 Å². The van der Waals surface area contributed by atoms with Crippen LogP contribution >= 0.6 is 11.6 Å². The Balaban J connectivity index is 1.58. The van der Waals surface area contributed by atoms with Gasteiger partial charge in [-0.2, -0.15) is 0 Å². The van der Waals surface area contributed by atoms with E-state index < -0.39 is 0 Å². The number of amides is 1. The van der Waals surface area contributed by atoms with Crippen molar-refractivity contribution in [2.24, 2.45) is 0 Å². The van der Waals surface area contributed by atoms with E-state index in [1.165, 1.54) is 0 Å². The second-order valence-electron chi connectivity index (χ2n) is 4.67.